The van der Waals surface area contributed by atoms with Crippen LogP contribution in [-0.4, -0.2) is 16.0 Å². The lowest BCUT2D eigenvalue weighted by molar-refractivity contribution is -0.112. The van der Waals surface area contributed by atoms with Crippen LogP contribution in [0.15, 0.2) is 12.1 Å². The molecule has 1 rings (SSSR count). The first-order valence-electron chi connectivity index (χ1n) is 3.26. The van der Waals surface area contributed by atoms with Crippen molar-refractivity contribution in [2.45, 2.75) is 0 Å². The maximum atomic E-state index is 10.3. The molecule has 0 bridgehead atoms. The zero-order valence-electron chi connectivity index (χ0n) is 6.41. The van der Waals surface area contributed by atoms with Crippen molar-refractivity contribution < 1.29 is 9.90 Å². The summed E-state index contributed by atoms with van der Waals surface area (Å²) in [4.78, 5) is 14.0. The number of halogens is 1. The third-order valence-corrected chi connectivity index (χ3v) is 1.35. The number of nitrogens with two attached hydrogens (primary N) is 1. The summed E-state index contributed by atoms with van der Waals surface area (Å²) in [6.45, 7) is 0. The average molecular weight is 197 g/mol. The van der Waals surface area contributed by atoms with Crippen LogP contribution in [0.3, 0.4) is 0 Å². The van der Waals surface area contributed by atoms with Gasteiger partial charge in [0.05, 0.1) is 0 Å². The second-order valence-corrected chi connectivity index (χ2v) is 2.50. The van der Waals surface area contributed by atoms with Crippen LogP contribution in [-0.2, 0) is 4.79 Å². The van der Waals surface area contributed by atoms with Gasteiger partial charge in [0.25, 0.3) is 5.91 Å². The Labute approximate surface area is 79.3 Å². The first-order chi connectivity index (χ1) is 6.09. The van der Waals surface area contributed by atoms with Crippen LogP contribution in [0.25, 0.3) is 0 Å². The van der Waals surface area contributed by atoms with Crippen molar-refractivity contribution in [1.29, 1.82) is 0 Å². The summed E-state index contributed by atoms with van der Waals surface area (Å²) in [7, 11) is 0. The largest absolute Gasteiger partial charge is 0.505 e. The van der Waals surface area contributed by atoms with Gasteiger partial charge in [-0.05, 0) is 18.1 Å². The maximum absolute atomic E-state index is 10.3. The number of nitrogens with zero attached hydrogens (tertiary/aromatic N) is 1. The SMILES string of the molecule is NC(=O)C#Cc1nc(Cl)ccc1O. The van der Waals surface area contributed by atoms with E-state index in [1.165, 1.54) is 12.1 Å². The van der Waals surface area contributed by atoms with E-state index in [1.54, 1.807) is 0 Å². The van der Waals surface area contributed by atoms with E-state index in [-0.39, 0.29) is 16.6 Å². The summed E-state index contributed by atoms with van der Waals surface area (Å²) in [5.41, 5.74) is 4.81. The molecule has 5 heteroatoms. The Hall–Kier alpha value is -1.73. The Morgan fingerprint density at radius 1 is 1.62 bits per heavy atom. The normalized spacial score (nSPS) is 8.69. The van der Waals surface area contributed by atoms with Crippen molar-refractivity contribution in [3.05, 3.63) is 23.0 Å². The first-order valence-corrected chi connectivity index (χ1v) is 3.64. The van der Waals surface area contributed by atoms with Crippen LogP contribution in [0.4, 0.5) is 0 Å². The summed E-state index contributed by atoms with van der Waals surface area (Å²) in [5, 5.41) is 9.36. The number of aromatic nitrogens is 1. The predicted molar refractivity (Wildman–Crippen MR) is 47.0 cm³/mol. The van der Waals surface area contributed by atoms with Gasteiger partial charge in [0.1, 0.15) is 10.9 Å². The monoisotopic (exact) mass is 196 g/mol. The first kappa shape index (κ1) is 9.36. The van der Waals surface area contributed by atoms with Crippen LogP contribution < -0.4 is 5.73 Å². The van der Waals surface area contributed by atoms with Gasteiger partial charge in [-0.15, -0.1) is 0 Å². The summed E-state index contributed by atoms with van der Waals surface area (Å²) in [5.74, 6) is 3.39. The third-order valence-electron chi connectivity index (χ3n) is 1.14. The summed E-state index contributed by atoms with van der Waals surface area (Å²) in [6.07, 6.45) is 0. The minimum absolute atomic E-state index is 0.0336. The number of primary amides is 1. The third kappa shape index (κ3) is 2.65. The highest BCUT2D eigenvalue weighted by Gasteiger charge is 1.99. The molecule has 0 aliphatic rings. The van der Waals surface area contributed by atoms with E-state index in [0.717, 1.165) is 0 Å². The molecule has 0 fully saturated rings. The maximum Gasteiger partial charge on any atom is 0.293 e. The lowest BCUT2D eigenvalue weighted by atomic mass is 10.3. The van der Waals surface area contributed by atoms with Crippen LogP contribution in [0.1, 0.15) is 5.69 Å². The Bertz CT molecular complexity index is 406. The Morgan fingerprint density at radius 3 is 2.92 bits per heavy atom. The van der Waals surface area contributed by atoms with Crippen molar-refractivity contribution >= 4 is 17.5 Å². The van der Waals surface area contributed by atoms with E-state index in [1.807, 2.05) is 5.92 Å². The van der Waals surface area contributed by atoms with Gasteiger partial charge in [-0.2, -0.15) is 0 Å². The summed E-state index contributed by atoms with van der Waals surface area (Å²) >= 11 is 5.53. The predicted octanol–water partition coefficient (Wildman–Crippen LogP) is 0.277. The average Bonchev–Trinajstić information content (AvgIpc) is 2.06. The van der Waals surface area contributed by atoms with Crippen molar-refractivity contribution in [3.63, 3.8) is 0 Å². The van der Waals surface area contributed by atoms with Crippen molar-refractivity contribution in [2.75, 3.05) is 0 Å². The van der Waals surface area contributed by atoms with Gasteiger partial charge in [0, 0.05) is 5.92 Å². The minimum atomic E-state index is -0.791. The number of rotatable bonds is 0. The molecule has 1 amide bonds. The second-order valence-electron chi connectivity index (χ2n) is 2.12. The quantitative estimate of drug-likeness (QED) is 0.462. The molecule has 0 saturated carbocycles. The molecule has 0 atom stereocenters. The summed E-state index contributed by atoms with van der Waals surface area (Å²) in [6, 6.07) is 2.74. The molecule has 1 aromatic heterocycles. The smallest absolute Gasteiger partial charge is 0.293 e. The molecular formula is C8H5ClN2O2. The molecule has 66 valence electrons. The van der Waals surface area contributed by atoms with Gasteiger partial charge in [-0.25, -0.2) is 4.98 Å². The van der Waals surface area contributed by atoms with E-state index in [4.69, 9.17) is 17.3 Å². The fourth-order valence-electron chi connectivity index (χ4n) is 0.641. The van der Waals surface area contributed by atoms with Crippen molar-refractivity contribution in [1.82, 2.24) is 4.98 Å². The highest BCUT2D eigenvalue weighted by molar-refractivity contribution is 6.29. The van der Waals surface area contributed by atoms with E-state index >= 15 is 0 Å². The standard InChI is InChI=1S/C8H5ClN2O2/c9-7-3-2-6(12)5(11-7)1-4-8(10)13/h2-3,12H,(H2,10,13). The zero-order valence-corrected chi connectivity index (χ0v) is 7.17. The molecule has 1 heterocycles. The van der Waals surface area contributed by atoms with E-state index in [9.17, 15) is 9.90 Å². The van der Waals surface area contributed by atoms with E-state index < -0.39 is 5.91 Å². The number of carbonyl (C=O) groups is 1. The van der Waals surface area contributed by atoms with Gasteiger partial charge in [-0.3, -0.25) is 4.79 Å². The van der Waals surface area contributed by atoms with Crippen LogP contribution in [0, 0.1) is 11.8 Å². The van der Waals surface area contributed by atoms with Crippen LogP contribution in [0.5, 0.6) is 5.75 Å². The number of aromatic hydroxyl groups is 1. The summed E-state index contributed by atoms with van der Waals surface area (Å²) < 4.78 is 0. The Morgan fingerprint density at radius 2 is 2.31 bits per heavy atom. The lowest BCUT2D eigenvalue weighted by Gasteiger charge is -1.94. The fourth-order valence-corrected chi connectivity index (χ4v) is 0.788. The number of amides is 1. The fraction of sp³-hybridized carbons (Fsp3) is 0. The molecule has 0 saturated heterocycles. The lowest BCUT2D eigenvalue weighted by Crippen LogP contribution is -2.06. The molecule has 3 N–H and O–H groups in total. The number of hydrogen-bond donors (Lipinski definition) is 2. The number of carbonyl (C=O) groups excluding carboxylic acids is 1. The molecule has 13 heavy (non-hydrogen) atoms. The molecule has 0 aliphatic heterocycles. The van der Waals surface area contributed by atoms with Crippen molar-refractivity contribution in [2.24, 2.45) is 5.73 Å². The molecular weight excluding hydrogens is 192 g/mol. The molecule has 0 aromatic carbocycles. The molecule has 0 radical (unpaired) electrons. The topological polar surface area (TPSA) is 76.2 Å². The van der Waals surface area contributed by atoms with E-state index in [0.29, 0.717) is 0 Å². The van der Waals surface area contributed by atoms with Crippen LogP contribution >= 0.6 is 11.6 Å². The minimum Gasteiger partial charge on any atom is -0.505 e. The van der Waals surface area contributed by atoms with Crippen LogP contribution in [0.2, 0.25) is 5.15 Å². The molecule has 0 aliphatic carbocycles. The molecule has 4 nitrogen and oxygen atoms in total. The Balaban J connectivity index is 3.09. The molecule has 1 aromatic rings. The van der Waals surface area contributed by atoms with Gasteiger partial charge in [0.15, 0.2) is 5.69 Å². The van der Waals surface area contributed by atoms with Gasteiger partial charge in [0.2, 0.25) is 0 Å². The van der Waals surface area contributed by atoms with Gasteiger partial charge >= 0.3 is 0 Å². The van der Waals surface area contributed by atoms with E-state index in [2.05, 4.69) is 10.9 Å². The zero-order chi connectivity index (χ0) is 9.84. The van der Waals surface area contributed by atoms with Gasteiger partial charge in [-0.1, -0.05) is 11.6 Å². The van der Waals surface area contributed by atoms with Gasteiger partial charge < -0.3 is 10.8 Å². The number of hydrogen-bond acceptors (Lipinski definition) is 3. The Kier molecular flexibility index (Phi) is 2.72. The highest BCUT2D eigenvalue weighted by atomic mass is 35.5. The molecule has 0 unspecified atom stereocenters. The second kappa shape index (κ2) is 3.78. The highest BCUT2D eigenvalue weighted by Crippen LogP contribution is 2.15. The molecule has 0 spiro atoms. The van der Waals surface area contributed by atoms with Crippen molar-refractivity contribution in [3.8, 4) is 17.6 Å². The number of pyridine rings is 1.